The number of benzene rings is 1. The van der Waals surface area contributed by atoms with Crippen molar-refractivity contribution in [2.45, 2.75) is 13.1 Å². The number of methoxy groups -OCH3 is 1. The monoisotopic (exact) mass is 427 g/mol. The van der Waals surface area contributed by atoms with Crippen molar-refractivity contribution < 1.29 is 14.5 Å². The summed E-state index contributed by atoms with van der Waals surface area (Å²) < 4.78 is 6.11. The number of nitrogens with zero attached hydrogens (tertiary/aromatic N) is 5. The standard InChI is InChI=1S/C17H19Cl2N5O4/c1-28-17-15(24(26)27)10-23(20-17)11-16(25)22-7-5-21(6-8-22)9-12-13(18)3-2-4-14(12)19/h2-4,10H,5-9,11H2,1H3. The molecule has 0 spiro atoms. The number of halogens is 2. The molecule has 1 fully saturated rings. The van der Waals surface area contributed by atoms with E-state index in [1.165, 1.54) is 18.0 Å². The molecule has 1 aromatic carbocycles. The molecule has 1 aromatic heterocycles. The molecule has 28 heavy (non-hydrogen) atoms. The fourth-order valence-corrected chi connectivity index (χ4v) is 3.56. The molecule has 0 saturated carbocycles. The van der Waals surface area contributed by atoms with Gasteiger partial charge in [-0.2, -0.15) is 0 Å². The number of carbonyl (C=O) groups is 1. The van der Waals surface area contributed by atoms with Crippen LogP contribution >= 0.6 is 23.2 Å². The topological polar surface area (TPSA) is 93.7 Å². The van der Waals surface area contributed by atoms with Crippen LogP contribution in [0.4, 0.5) is 5.69 Å². The van der Waals surface area contributed by atoms with Gasteiger partial charge in [0.25, 0.3) is 0 Å². The Balaban J connectivity index is 1.56. The van der Waals surface area contributed by atoms with Gasteiger partial charge in [0.15, 0.2) is 0 Å². The van der Waals surface area contributed by atoms with Gasteiger partial charge in [-0.25, -0.2) is 0 Å². The number of amides is 1. The first-order valence-electron chi connectivity index (χ1n) is 8.58. The summed E-state index contributed by atoms with van der Waals surface area (Å²) in [5.41, 5.74) is 0.610. The van der Waals surface area contributed by atoms with E-state index in [4.69, 9.17) is 27.9 Å². The number of rotatable bonds is 6. The molecular formula is C17H19Cl2N5O4. The molecule has 9 nitrogen and oxygen atoms in total. The van der Waals surface area contributed by atoms with E-state index in [0.717, 1.165) is 5.56 Å². The first kappa shape index (κ1) is 20.4. The molecule has 1 amide bonds. The van der Waals surface area contributed by atoms with E-state index in [1.807, 2.05) is 0 Å². The van der Waals surface area contributed by atoms with Gasteiger partial charge in [0.05, 0.1) is 12.0 Å². The second-order valence-electron chi connectivity index (χ2n) is 6.34. The van der Waals surface area contributed by atoms with Crippen molar-refractivity contribution in [3.63, 3.8) is 0 Å². The Hall–Kier alpha value is -2.36. The van der Waals surface area contributed by atoms with Crippen LogP contribution in [-0.2, 0) is 17.9 Å². The molecule has 0 radical (unpaired) electrons. The highest BCUT2D eigenvalue weighted by atomic mass is 35.5. The third kappa shape index (κ3) is 4.54. The van der Waals surface area contributed by atoms with Crippen LogP contribution in [0.15, 0.2) is 24.4 Å². The molecule has 2 aromatic rings. The van der Waals surface area contributed by atoms with Gasteiger partial charge >= 0.3 is 11.6 Å². The predicted octanol–water partition coefficient (Wildman–Crippen LogP) is 2.45. The first-order chi connectivity index (χ1) is 13.4. The summed E-state index contributed by atoms with van der Waals surface area (Å²) in [6.45, 7) is 2.97. The number of piperazine rings is 1. The van der Waals surface area contributed by atoms with Gasteiger partial charge in [0.1, 0.15) is 12.7 Å². The lowest BCUT2D eigenvalue weighted by atomic mass is 10.2. The summed E-state index contributed by atoms with van der Waals surface area (Å²) in [5.74, 6) is -0.269. The molecule has 0 bridgehead atoms. The van der Waals surface area contributed by atoms with Crippen LogP contribution in [0.25, 0.3) is 0 Å². The van der Waals surface area contributed by atoms with Crippen LogP contribution in [0.2, 0.25) is 10.0 Å². The van der Waals surface area contributed by atoms with E-state index in [0.29, 0.717) is 42.8 Å². The zero-order valence-corrected chi connectivity index (χ0v) is 16.7. The minimum atomic E-state index is -0.592. The minimum Gasteiger partial charge on any atom is -0.475 e. The van der Waals surface area contributed by atoms with E-state index in [2.05, 4.69) is 10.00 Å². The average molecular weight is 428 g/mol. The molecule has 150 valence electrons. The molecular weight excluding hydrogens is 409 g/mol. The fourth-order valence-electron chi connectivity index (χ4n) is 3.05. The van der Waals surface area contributed by atoms with Crippen molar-refractivity contribution >= 4 is 34.8 Å². The van der Waals surface area contributed by atoms with E-state index in [9.17, 15) is 14.9 Å². The number of ether oxygens (including phenoxy) is 1. The first-order valence-corrected chi connectivity index (χ1v) is 9.33. The zero-order valence-electron chi connectivity index (χ0n) is 15.2. The Morgan fingerprint density at radius 1 is 1.25 bits per heavy atom. The van der Waals surface area contributed by atoms with Gasteiger partial charge < -0.3 is 9.64 Å². The molecule has 1 aliphatic rings. The van der Waals surface area contributed by atoms with Gasteiger partial charge in [-0.1, -0.05) is 29.3 Å². The van der Waals surface area contributed by atoms with Gasteiger partial charge in [0, 0.05) is 48.3 Å². The third-order valence-electron chi connectivity index (χ3n) is 4.57. The lowest BCUT2D eigenvalue weighted by Gasteiger charge is -2.35. The molecule has 2 heterocycles. The minimum absolute atomic E-state index is 0.0828. The highest BCUT2D eigenvalue weighted by Gasteiger charge is 2.25. The fraction of sp³-hybridized carbons (Fsp3) is 0.412. The summed E-state index contributed by atoms with van der Waals surface area (Å²) in [6.07, 6.45) is 1.20. The molecule has 0 unspecified atom stereocenters. The number of nitro groups is 1. The maximum absolute atomic E-state index is 12.5. The third-order valence-corrected chi connectivity index (χ3v) is 5.27. The predicted molar refractivity (Wildman–Crippen MR) is 104 cm³/mol. The molecule has 1 saturated heterocycles. The highest BCUT2D eigenvalue weighted by molar-refractivity contribution is 6.35. The highest BCUT2D eigenvalue weighted by Crippen LogP contribution is 2.26. The Labute approximate surface area is 171 Å². The van der Waals surface area contributed by atoms with E-state index >= 15 is 0 Å². The normalized spacial score (nSPS) is 14.9. The lowest BCUT2D eigenvalue weighted by Crippen LogP contribution is -2.49. The van der Waals surface area contributed by atoms with Gasteiger partial charge in [-0.15, -0.1) is 5.10 Å². The van der Waals surface area contributed by atoms with Crippen LogP contribution in [0.5, 0.6) is 5.88 Å². The van der Waals surface area contributed by atoms with Crippen LogP contribution in [-0.4, -0.2) is 63.7 Å². The van der Waals surface area contributed by atoms with Crippen molar-refractivity contribution in [1.82, 2.24) is 19.6 Å². The summed E-state index contributed by atoms with van der Waals surface area (Å²) in [6, 6.07) is 5.42. The summed E-state index contributed by atoms with van der Waals surface area (Å²) >= 11 is 12.4. The zero-order chi connectivity index (χ0) is 20.3. The van der Waals surface area contributed by atoms with Crippen molar-refractivity contribution in [2.75, 3.05) is 33.3 Å². The lowest BCUT2D eigenvalue weighted by molar-refractivity contribution is -0.385. The van der Waals surface area contributed by atoms with Crippen LogP contribution in [0.3, 0.4) is 0 Å². The molecule has 3 rings (SSSR count). The summed E-state index contributed by atoms with van der Waals surface area (Å²) in [4.78, 5) is 26.8. The van der Waals surface area contributed by atoms with Crippen molar-refractivity contribution in [1.29, 1.82) is 0 Å². The largest absolute Gasteiger partial charge is 0.475 e. The maximum Gasteiger partial charge on any atom is 0.350 e. The van der Waals surface area contributed by atoms with Gasteiger partial charge in [-0.05, 0) is 12.1 Å². The smallest absolute Gasteiger partial charge is 0.350 e. The SMILES string of the molecule is COc1nn(CC(=O)N2CCN(Cc3c(Cl)cccc3Cl)CC2)cc1[N+](=O)[O-]. The number of hydrogen-bond donors (Lipinski definition) is 0. The van der Waals surface area contributed by atoms with Crippen molar-refractivity contribution in [2.24, 2.45) is 0 Å². The van der Waals surface area contributed by atoms with Crippen LogP contribution in [0.1, 0.15) is 5.56 Å². The second-order valence-corrected chi connectivity index (χ2v) is 7.15. The van der Waals surface area contributed by atoms with Gasteiger partial charge in [-0.3, -0.25) is 24.5 Å². The Kier molecular flexibility index (Phi) is 6.38. The summed E-state index contributed by atoms with van der Waals surface area (Å²) in [5, 5.41) is 16.2. The Morgan fingerprint density at radius 2 is 1.89 bits per heavy atom. The molecule has 1 aliphatic heterocycles. The second kappa shape index (κ2) is 8.76. The van der Waals surface area contributed by atoms with E-state index < -0.39 is 4.92 Å². The molecule has 0 aliphatic carbocycles. The maximum atomic E-state index is 12.5. The molecule has 0 N–H and O–H groups in total. The average Bonchev–Trinajstić information content (AvgIpc) is 3.08. The Bertz CT molecular complexity index is 860. The Morgan fingerprint density at radius 3 is 2.43 bits per heavy atom. The number of hydrogen-bond acceptors (Lipinski definition) is 6. The quantitative estimate of drug-likeness (QED) is 0.518. The number of carbonyl (C=O) groups excluding carboxylic acids is 1. The summed E-state index contributed by atoms with van der Waals surface area (Å²) in [7, 11) is 1.30. The molecule has 11 heteroatoms. The number of aromatic nitrogens is 2. The van der Waals surface area contributed by atoms with E-state index in [-0.39, 0.29) is 24.0 Å². The van der Waals surface area contributed by atoms with Crippen molar-refractivity contribution in [3.05, 3.63) is 50.1 Å². The van der Waals surface area contributed by atoms with Crippen LogP contribution < -0.4 is 4.74 Å². The van der Waals surface area contributed by atoms with Crippen molar-refractivity contribution in [3.8, 4) is 5.88 Å². The molecule has 0 atom stereocenters. The van der Waals surface area contributed by atoms with E-state index in [1.54, 1.807) is 23.1 Å². The van der Waals surface area contributed by atoms with Crippen LogP contribution in [0, 0.1) is 10.1 Å². The van der Waals surface area contributed by atoms with Gasteiger partial charge in [0.2, 0.25) is 5.91 Å².